The third-order valence-corrected chi connectivity index (χ3v) is 7.49. The van der Waals surface area contributed by atoms with Gasteiger partial charge in [0.15, 0.2) is 5.83 Å². The van der Waals surface area contributed by atoms with Gasteiger partial charge in [-0.2, -0.15) is 0 Å². The Morgan fingerprint density at radius 2 is 1.73 bits per heavy atom. The number of anilines is 2. The van der Waals surface area contributed by atoms with Crippen molar-refractivity contribution in [3.63, 3.8) is 0 Å². The minimum Gasteiger partial charge on any atom is -0.378 e. The molecule has 0 aliphatic carbocycles. The van der Waals surface area contributed by atoms with Crippen molar-refractivity contribution in [2.24, 2.45) is 0 Å². The highest BCUT2D eigenvalue weighted by atomic mass is 32.2. The zero-order chi connectivity index (χ0) is 30.1. The summed E-state index contributed by atoms with van der Waals surface area (Å²) >= 11 is 1.43. The van der Waals surface area contributed by atoms with E-state index in [4.69, 9.17) is 0 Å². The summed E-state index contributed by atoms with van der Waals surface area (Å²) in [6.45, 7) is 10.1. The Labute approximate surface area is 246 Å². The van der Waals surface area contributed by atoms with Crippen molar-refractivity contribution in [1.82, 2.24) is 19.8 Å². The van der Waals surface area contributed by atoms with Crippen LogP contribution in [0, 0.1) is 12.7 Å². The molecular weight excluding hydrogens is 542 g/mol. The number of hydrogen-bond donors (Lipinski definition) is 1. The number of allylic oxidation sites excluding steroid dienone is 5. The lowest BCUT2D eigenvalue weighted by Gasteiger charge is -2.40. The van der Waals surface area contributed by atoms with E-state index < -0.39 is 0 Å². The molecule has 2 aromatic rings. The van der Waals surface area contributed by atoms with Crippen molar-refractivity contribution >= 4 is 29.4 Å². The van der Waals surface area contributed by atoms with Crippen LogP contribution in [0.2, 0.25) is 0 Å². The van der Waals surface area contributed by atoms with Gasteiger partial charge in [0.2, 0.25) is 0 Å². The molecule has 10 heteroatoms. The van der Waals surface area contributed by atoms with Gasteiger partial charge in [-0.15, -0.1) is 11.8 Å². The Hall–Kier alpha value is -3.66. The highest BCUT2D eigenvalue weighted by Crippen LogP contribution is 2.29. The zero-order valence-electron chi connectivity index (χ0n) is 24.9. The number of carbonyl (C=O) groups is 1. The average molecular weight is 583 g/mol. The summed E-state index contributed by atoms with van der Waals surface area (Å²) in [5.74, 6) is 0.541. The number of piperazine rings is 1. The number of benzene rings is 1. The van der Waals surface area contributed by atoms with Gasteiger partial charge in [-0.25, -0.2) is 18.7 Å². The predicted octanol–water partition coefficient (Wildman–Crippen LogP) is 5.99. The maximum atomic E-state index is 16.2. The van der Waals surface area contributed by atoms with Crippen LogP contribution in [0.3, 0.4) is 0 Å². The van der Waals surface area contributed by atoms with Crippen LogP contribution in [0.25, 0.3) is 0 Å². The quantitative estimate of drug-likeness (QED) is 0.150. The molecule has 7 nitrogen and oxygen atoms in total. The van der Waals surface area contributed by atoms with Crippen LogP contribution < -0.4 is 10.2 Å². The molecule has 0 spiro atoms. The molecule has 0 amide bonds. The molecule has 1 aliphatic rings. The number of hydrogen-bond acceptors (Lipinski definition) is 8. The number of aldehydes is 1. The summed E-state index contributed by atoms with van der Waals surface area (Å²) in [5, 5.41) is 3.42. The maximum absolute atomic E-state index is 16.2. The molecule has 1 fully saturated rings. The molecule has 1 N–H and O–H groups in total. The number of rotatable bonds is 11. The SMILES string of the molecule is CSc1cc(F)ccc1N[C@H](C)C(/C=C(C)\C=C(/C)C=O)=C\C(F)=C(/N(C)C)N1CCN(c2cnc(C)nc2)CC1. The molecule has 0 saturated carbocycles. The van der Waals surface area contributed by atoms with E-state index in [1.807, 2.05) is 64.5 Å². The van der Waals surface area contributed by atoms with E-state index in [2.05, 4.69) is 20.2 Å². The molecule has 3 rings (SSSR count). The second kappa shape index (κ2) is 14.8. The topological polar surface area (TPSA) is 64.6 Å². The third kappa shape index (κ3) is 8.91. The van der Waals surface area contributed by atoms with Crippen molar-refractivity contribution in [2.45, 2.75) is 38.6 Å². The smallest absolute Gasteiger partial charge is 0.163 e. The molecular formula is C31H40F2N6OS. The minimum absolute atomic E-state index is 0.312. The number of aromatic nitrogens is 2. The molecule has 1 saturated heterocycles. The molecule has 220 valence electrons. The second-order valence-electron chi connectivity index (χ2n) is 10.3. The van der Waals surface area contributed by atoms with E-state index in [0.717, 1.165) is 34.0 Å². The molecule has 1 aliphatic heterocycles. The number of aryl methyl sites for hydroxylation is 1. The lowest BCUT2D eigenvalue weighted by atomic mass is 10.0. The van der Waals surface area contributed by atoms with Gasteiger partial charge in [0.05, 0.1) is 18.1 Å². The predicted molar refractivity (Wildman–Crippen MR) is 165 cm³/mol. The molecule has 1 atom stereocenters. The highest BCUT2D eigenvalue weighted by molar-refractivity contribution is 7.98. The fourth-order valence-electron chi connectivity index (χ4n) is 4.67. The van der Waals surface area contributed by atoms with Gasteiger partial charge in [0, 0.05) is 56.9 Å². The number of thioether (sulfide) groups is 1. The van der Waals surface area contributed by atoms with Crippen LogP contribution in [0.4, 0.5) is 20.2 Å². The maximum Gasteiger partial charge on any atom is 0.163 e. The van der Waals surface area contributed by atoms with Crippen molar-refractivity contribution < 1.29 is 13.6 Å². The summed E-state index contributed by atoms with van der Waals surface area (Å²) in [6, 6.07) is 4.26. The first-order valence-electron chi connectivity index (χ1n) is 13.5. The van der Waals surface area contributed by atoms with E-state index in [-0.39, 0.29) is 17.7 Å². The minimum atomic E-state index is -0.366. The van der Waals surface area contributed by atoms with Crippen LogP contribution in [-0.4, -0.2) is 78.6 Å². The van der Waals surface area contributed by atoms with Crippen LogP contribution in [0.1, 0.15) is 26.6 Å². The standard InChI is InChI=1S/C31H40F2N6OS/c1-21(14-22(2)20-40)15-25(23(3)36-29-9-8-26(32)17-30(29)41-7)16-28(33)31(37(5)6)39-12-10-38(11-13-39)27-18-34-24(4)35-19-27/h8-9,14-20,23,36H,10-13H2,1-7H3/b21-15-,22-14+,25-16-,31-28-/t23-/m1/s1. The molecule has 41 heavy (non-hydrogen) atoms. The fraction of sp³-hybridized carbons (Fsp3) is 0.387. The van der Waals surface area contributed by atoms with Gasteiger partial charge in [-0.1, -0.05) is 17.7 Å². The number of halogens is 2. The van der Waals surface area contributed by atoms with Gasteiger partial charge < -0.3 is 20.0 Å². The van der Waals surface area contributed by atoms with Crippen LogP contribution in [-0.2, 0) is 4.79 Å². The summed E-state index contributed by atoms with van der Waals surface area (Å²) in [7, 11) is 3.68. The Morgan fingerprint density at radius 1 is 1.07 bits per heavy atom. The fourth-order valence-corrected chi connectivity index (χ4v) is 5.25. The van der Waals surface area contributed by atoms with E-state index in [9.17, 15) is 9.18 Å². The van der Waals surface area contributed by atoms with Crippen molar-refractivity contribution in [2.75, 3.05) is 56.7 Å². The second-order valence-corrected chi connectivity index (χ2v) is 11.1. The summed E-state index contributed by atoms with van der Waals surface area (Å²) in [4.78, 5) is 26.6. The van der Waals surface area contributed by atoms with Crippen LogP contribution in [0.5, 0.6) is 0 Å². The Morgan fingerprint density at radius 3 is 2.32 bits per heavy atom. The summed E-state index contributed by atoms with van der Waals surface area (Å²) in [5.41, 5.74) is 3.78. The van der Waals surface area contributed by atoms with Crippen molar-refractivity contribution in [3.8, 4) is 0 Å². The third-order valence-electron chi connectivity index (χ3n) is 6.71. The summed E-state index contributed by atoms with van der Waals surface area (Å²) in [6.07, 6.45) is 11.5. The largest absolute Gasteiger partial charge is 0.378 e. The molecule has 0 unspecified atom stereocenters. The lowest BCUT2D eigenvalue weighted by Crippen LogP contribution is -2.48. The van der Waals surface area contributed by atoms with E-state index in [1.165, 1.54) is 23.9 Å². The van der Waals surface area contributed by atoms with E-state index in [1.54, 1.807) is 30.0 Å². The molecule has 0 radical (unpaired) electrons. The Bertz CT molecular complexity index is 1330. The summed E-state index contributed by atoms with van der Waals surface area (Å²) < 4.78 is 30.0. The molecule has 0 bridgehead atoms. The van der Waals surface area contributed by atoms with Crippen molar-refractivity contribution in [1.29, 1.82) is 0 Å². The van der Waals surface area contributed by atoms with Gasteiger partial charge >= 0.3 is 0 Å². The van der Waals surface area contributed by atoms with E-state index in [0.29, 0.717) is 43.1 Å². The van der Waals surface area contributed by atoms with Crippen LogP contribution in [0.15, 0.2) is 82.1 Å². The first kappa shape index (κ1) is 31.9. The average Bonchev–Trinajstić information content (AvgIpc) is 2.94. The van der Waals surface area contributed by atoms with Crippen LogP contribution >= 0.6 is 11.8 Å². The Kier molecular flexibility index (Phi) is 11.5. The van der Waals surface area contributed by atoms with Gasteiger partial charge in [0.25, 0.3) is 0 Å². The Balaban J connectivity index is 1.95. The van der Waals surface area contributed by atoms with Gasteiger partial charge in [-0.3, -0.25) is 4.79 Å². The first-order chi connectivity index (χ1) is 19.5. The monoisotopic (exact) mass is 582 g/mol. The zero-order valence-corrected chi connectivity index (χ0v) is 25.7. The first-order valence-corrected chi connectivity index (χ1v) is 14.7. The highest BCUT2D eigenvalue weighted by Gasteiger charge is 2.24. The van der Waals surface area contributed by atoms with Gasteiger partial charge in [-0.05, 0) is 69.4 Å². The number of carbonyl (C=O) groups excluding carboxylic acids is 1. The molecule has 2 heterocycles. The number of nitrogens with zero attached hydrogens (tertiary/aromatic N) is 5. The molecule has 1 aromatic carbocycles. The molecule has 1 aromatic heterocycles. The lowest BCUT2D eigenvalue weighted by molar-refractivity contribution is -0.104. The number of nitrogens with one attached hydrogen (secondary N) is 1. The van der Waals surface area contributed by atoms with Gasteiger partial charge in [0.1, 0.15) is 23.7 Å². The van der Waals surface area contributed by atoms with Crippen molar-refractivity contribution in [3.05, 3.63) is 88.8 Å². The van der Waals surface area contributed by atoms with E-state index >= 15 is 4.39 Å². The normalized spacial score (nSPS) is 16.4.